The van der Waals surface area contributed by atoms with Gasteiger partial charge in [-0.25, -0.2) is 4.98 Å². The molecule has 1 aromatic heterocycles. The summed E-state index contributed by atoms with van der Waals surface area (Å²) in [7, 11) is 0. The number of hydrogen-bond donors (Lipinski definition) is 2. The highest BCUT2D eigenvalue weighted by molar-refractivity contribution is 7.98. The van der Waals surface area contributed by atoms with Gasteiger partial charge >= 0.3 is 0 Å². The molecule has 2 amide bonds. The highest BCUT2D eigenvalue weighted by Crippen LogP contribution is 2.20. The van der Waals surface area contributed by atoms with Crippen LogP contribution < -0.4 is 10.6 Å². The van der Waals surface area contributed by atoms with E-state index < -0.39 is 0 Å². The van der Waals surface area contributed by atoms with Gasteiger partial charge in [-0.1, -0.05) is 35.9 Å². The van der Waals surface area contributed by atoms with Gasteiger partial charge in [-0.2, -0.15) is 0 Å². The number of aromatic nitrogens is 2. The molecule has 3 aromatic rings. The number of hydrogen-bond acceptors (Lipinski definition) is 4. The highest BCUT2D eigenvalue weighted by atomic mass is 32.2. The summed E-state index contributed by atoms with van der Waals surface area (Å²) in [4.78, 5) is 29.3. The average Bonchev–Trinajstić information content (AvgIpc) is 3.21. The van der Waals surface area contributed by atoms with E-state index in [4.69, 9.17) is 6.42 Å². The molecule has 28 heavy (non-hydrogen) atoms. The van der Waals surface area contributed by atoms with Gasteiger partial charge in [-0.05, 0) is 36.6 Å². The second-order valence-corrected chi connectivity index (χ2v) is 6.49. The van der Waals surface area contributed by atoms with Gasteiger partial charge in [0.1, 0.15) is 0 Å². The lowest BCUT2D eigenvalue weighted by Crippen LogP contribution is -2.25. The molecule has 0 aliphatic carbocycles. The van der Waals surface area contributed by atoms with Crippen molar-refractivity contribution in [3.63, 3.8) is 0 Å². The summed E-state index contributed by atoms with van der Waals surface area (Å²) in [6.07, 6.45) is 10.7. The first-order valence-electron chi connectivity index (χ1n) is 8.44. The summed E-state index contributed by atoms with van der Waals surface area (Å²) >= 11 is 1.52. The number of nitrogens with one attached hydrogen (secondary N) is 2. The molecule has 0 aliphatic rings. The molecule has 0 atom stereocenters. The fourth-order valence-corrected chi connectivity index (χ4v) is 3.17. The van der Waals surface area contributed by atoms with E-state index >= 15 is 0 Å². The number of rotatable bonds is 6. The SMILES string of the molecule is C#CCNC(=O)c1ccccc1NC(=O)c1cccc(-n2ccnc2SC)c1. The third-order valence-corrected chi connectivity index (χ3v) is 4.61. The number of imidazole rings is 1. The van der Waals surface area contributed by atoms with E-state index in [0.29, 0.717) is 16.8 Å². The molecule has 6 nitrogen and oxygen atoms in total. The first-order chi connectivity index (χ1) is 13.6. The van der Waals surface area contributed by atoms with Gasteiger partial charge in [-0.15, -0.1) is 6.42 Å². The molecular formula is C21H18N4O2S. The highest BCUT2D eigenvalue weighted by Gasteiger charge is 2.14. The Morgan fingerprint density at radius 3 is 2.79 bits per heavy atom. The minimum Gasteiger partial charge on any atom is -0.341 e. The maximum absolute atomic E-state index is 12.8. The molecular weight excluding hydrogens is 372 g/mol. The zero-order chi connectivity index (χ0) is 19.9. The lowest BCUT2D eigenvalue weighted by molar-refractivity contribution is 0.0959. The molecule has 0 bridgehead atoms. The summed E-state index contributed by atoms with van der Waals surface area (Å²) in [5.41, 5.74) is 2.06. The smallest absolute Gasteiger partial charge is 0.255 e. The third kappa shape index (κ3) is 4.24. The van der Waals surface area contributed by atoms with Crippen LogP contribution in [0.1, 0.15) is 20.7 Å². The number of carbonyl (C=O) groups excluding carboxylic acids is 2. The van der Waals surface area contributed by atoms with Crippen molar-refractivity contribution in [3.8, 4) is 18.0 Å². The molecule has 140 valence electrons. The van der Waals surface area contributed by atoms with Crippen LogP contribution in [0, 0.1) is 12.3 Å². The topological polar surface area (TPSA) is 76.0 Å². The van der Waals surface area contributed by atoms with E-state index in [1.165, 1.54) is 11.8 Å². The Balaban J connectivity index is 1.84. The van der Waals surface area contributed by atoms with Crippen LogP contribution in [0.5, 0.6) is 0 Å². The van der Waals surface area contributed by atoms with Crippen LogP contribution in [0.3, 0.4) is 0 Å². The van der Waals surface area contributed by atoms with Crippen LogP contribution in [-0.2, 0) is 0 Å². The fraction of sp³-hybridized carbons (Fsp3) is 0.0952. The first kappa shape index (κ1) is 19.3. The molecule has 0 radical (unpaired) electrons. The van der Waals surface area contributed by atoms with E-state index in [9.17, 15) is 9.59 Å². The van der Waals surface area contributed by atoms with Gasteiger partial charge in [0, 0.05) is 23.6 Å². The van der Waals surface area contributed by atoms with Gasteiger partial charge < -0.3 is 10.6 Å². The summed E-state index contributed by atoms with van der Waals surface area (Å²) < 4.78 is 1.91. The third-order valence-electron chi connectivity index (χ3n) is 3.95. The number of carbonyl (C=O) groups is 2. The standard InChI is InChI=1S/C21H18N4O2S/c1-3-11-22-20(27)17-9-4-5-10-18(17)24-19(26)15-7-6-8-16(14-15)25-13-12-23-21(25)28-2/h1,4-10,12-14H,11H2,2H3,(H,22,27)(H,24,26). The quantitative estimate of drug-likeness (QED) is 0.501. The van der Waals surface area contributed by atoms with Crippen LogP contribution >= 0.6 is 11.8 Å². The second kappa shape index (κ2) is 8.93. The van der Waals surface area contributed by atoms with Crippen LogP contribution in [0.4, 0.5) is 5.69 Å². The molecule has 0 saturated heterocycles. The van der Waals surface area contributed by atoms with Gasteiger partial charge in [0.05, 0.1) is 17.8 Å². The average molecular weight is 390 g/mol. The predicted molar refractivity (Wildman–Crippen MR) is 111 cm³/mol. The van der Waals surface area contributed by atoms with Crippen molar-refractivity contribution in [3.05, 3.63) is 72.1 Å². The summed E-state index contributed by atoms with van der Waals surface area (Å²) in [6.45, 7) is 0.117. The Morgan fingerprint density at radius 2 is 2.00 bits per heavy atom. The van der Waals surface area contributed by atoms with Crippen LogP contribution in [-0.4, -0.2) is 34.2 Å². The minimum atomic E-state index is -0.342. The summed E-state index contributed by atoms with van der Waals surface area (Å²) in [5.74, 6) is 1.70. The molecule has 0 spiro atoms. The van der Waals surface area contributed by atoms with E-state index in [0.717, 1.165) is 10.8 Å². The number of benzene rings is 2. The fourth-order valence-electron chi connectivity index (χ4n) is 2.65. The van der Waals surface area contributed by atoms with E-state index in [2.05, 4.69) is 21.5 Å². The molecule has 2 N–H and O–H groups in total. The van der Waals surface area contributed by atoms with Crippen molar-refractivity contribution < 1.29 is 9.59 Å². The number of amides is 2. The monoisotopic (exact) mass is 390 g/mol. The lowest BCUT2D eigenvalue weighted by Gasteiger charge is -2.12. The summed E-state index contributed by atoms with van der Waals surface area (Å²) in [5, 5.41) is 6.23. The van der Waals surface area contributed by atoms with Gasteiger partial charge in [0.2, 0.25) is 0 Å². The van der Waals surface area contributed by atoms with E-state index in [-0.39, 0.29) is 18.4 Å². The molecule has 0 fully saturated rings. The number of anilines is 1. The maximum atomic E-state index is 12.8. The zero-order valence-electron chi connectivity index (χ0n) is 15.2. The van der Waals surface area contributed by atoms with Gasteiger partial charge in [0.15, 0.2) is 5.16 Å². The molecule has 7 heteroatoms. The van der Waals surface area contributed by atoms with Crippen molar-refractivity contribution in [2.45, 2.75) is 5.16 Å². The van der Waals surface area contributed by atoms with Crippen molar-refractivity contribution in [2.24, 2.45) is 0 Å². The Morgan fingerprint density at radius 1 is 1.18 bits per heavy atom. The molecule has 0 saturated carbocycles. The van der Waals surface area contributed by atoms with E-state index in [1.54, 1.807) is 48.7 Å². The van der Waals surface area contributed by atoms with Crippen molar-refractivity contribution in [1.29, 1.82) is 0 Å². The van der Waals surface area contributed by atoms with Crippen molar-refractivity contribution in [1.82, 2.24) is 14.9 Å². The largest absolute Gasteiger partial charge is 0.341 e. The molecule has 0 unspecified atom stereocenters. The Labute approximate surface area is 167 Å². The molecule has 1 heterocycles. The summed E-state index contributed by atoms with van der Waals surface area (Å²) in [6, 6.07) is 14.0. The number of para-hydroxylation sites is 1. The Bertz CT molecular complexity index is 1050. The van der Waals surface area contributed by atoms with Crippen molar-refractivity contribution in [2.75, 3.05) is 18.1 Å². The Hall–Kier alpha value is -3.50. The number of thioether (sulfide) groups is 1. The Kier molecular flexibility index (Phi) is 6.14. The zero-order valence-corrected chi connectivity index (χ0v) is 16.0. The lowest BCUT2D eigenvalue weighted by atomic mass is 10.1. The minimum absolute atomic E-state index is 0.117. The normalized spacial score (nSPS) is 10.1. The van der Waals surface area contributed by atoms with E-state index in [1.807, 2.05) is 23.1 Å². The van der Waals surface area contributed by atoms with Crippen LogP contribution in [0.25, 0.3) is 5.69 Å². The maximum Gasteiger partial charge on any atom is 0.255 e. The number of terminal acetylenes is 1. The second-order valence-electron chi connectivity index (χ2n) is 5.72. The first-order valence-corrected chi connectivity index (χ1v) is 9.66. The van der Waals surface area contributed by atoms with Gasteiger partial charge in [0.25, 0.3) is 11.8 Å². The van der Waals surface area contributed by atoms with Crippen LogP contribution in [0.2, 0.25) is 0 Å². The number of nitrogens with zero attached hydrogens (tertiary/aromatic N) is 2. The van der Waals surface area contributed by atoms with Crippen LogP contribution in [0.15, 0.2) is 66.1 Å². The van der Waals surface area contributed by atoms with Gasteiger partial charge in [-0.3, -0.25) is 14.2 Å². The molecule has 3 rings (SSSR count). The molecule has 2 aromatic carbocycles. The predicted octanol–water partition coefficient (Wildman–Crippen LogP) is 3.21. The van der Waals surface area contributed by atoms with Crippen molar-refractivity contribution >= 4 is 29.3 Å². The molecule has 0 aliphatic heterocycles.